The van der Waals surface area contributed by atoms with E-state index in [-0.39, 0.29) is 11.3 Å². The fourth-order valence-corrected chi connectivity index (χ4v) is 2.58. The lowest BCUT2D eigenvalue weighted by molar-refractivity contribution is -0.385. The number of rotatable bonds is 2. The van der Waals surface area contributed by atoms with E-state index in [1.807, 2.05) is 24.3 Å². The van der Waals surface area contributed by atoms with Gasteiger partial charge in [-0.05, 0) is 17.5 Å². The molecular weight excluding hydrogens is 286 g/mol. The van der Waals surface area contributed by atoms with Crippen molar-refractivity contribution in [3.63, 3.8) is 0 Å². The number of amides is 1. The summed E-state index contributed by atoms with van der Waals surface area (Å²) < 4.78 is 0. The maximum Gasteiger partial charge on any atom is 0.286 e. The molecule has 0 saturated heterocycles. The fraction of sp³-hybridized carbons (Fsp3) is 0.200. The molecule has 2 aromatic rings. The lowest BCUT2D eigenvalue weighted by atomic mass is 9.99. The second-order valence-electron chi connectivity index (χ2n) is 5.10. The van der Waals surface area contributed by atoms with Gasteiger partial charge in [0.25, 0.3) is 17.2 Å². The number of hydrogen-bond acceptors (Lipinski definition) is 4. The molecule has 2 heterocycles. The first-order chi connectivity index (χ1) is 10.6. The number of benzene rings is 1. The molecule has 0 bridgehead atoms. The van der Waals surface area contributed by atoms with Gasteiger partial charge in [0.2, 0.25) is 0 Å². The zero-order valence-electron chi connectivity index (χ0n) is 11.6. The van der Waals surface area contributed by atoms with E-state index in [2.05, 4.69) is 4.98 Å². The van der Waals surface area contributed by atoms with Crippen LogP contribution in [0.15, 0.2) is 41.3 Å². The van der Waals surface area contributed by atoms with Gasteiger partial charge in [0.1, 0.15) is 5.56 Å². The van der Waals surface area contributed by atoms with Crippen LogP contribution in [0.5, 0.6) is 0 Å². The predicted octanol–water partition coefficient (Wildman–Crippen LogP) is 1.48. The average Bonchev–Trinajstić information content (AvgIpc) is 2.54. The summed E-state index contributed by atoms with van der Waals surface area (Å²) in [5.41, 5.74) is 1.09. The quantitative estimate of drug-likeness (QED) is 0.671. The Bertz CT molecular complexity index is 812. The summed E-state index contributed by atoms with van der Waals surface area (Å²) in [7, 11) is 0. The molecule has 0 spiro atoms. The van der Waals surface area contributed by atoms with Gasteiger partial charge in [-0.2, -0.15) is 0 Å². The van der Waals surface area contributed by atoms with E-state index in [1.54, 1.807) is 0 Å². The van der Waals surface area contributed by atoms with Crippen LogP contribution in [0.25, 0.3) is 0 Å². The van der Waals surface area contributed by atoms with Gasteiger partial charge in [-0.1, -0.05) is 24.3 Å². The monoisotopic (exact) mass is 299 g/mol. The van der Waals surface area contributed by atoms with E-state index in [0.29, 0.717) is 19.5 Å². The largest absolute Gasteiger partial charge is 0.334 e. The lowest BCUT2D eigenvalue weighted by Gasteiger charge is -2.28. The molecule has 1 amide bonds. The van der Waals surface area contributed by atoms with Crippen molar-refractivity contribution >= 4 is 11.6 Å². The first-order valence-corrected chi connectivity index (χ1v) is 6.79. The first-order valence-electron chi connectivity index (χ1n) is 6.79. The summed E-state index contributed by atoms with van der Waals surface area (Å²) >= 11 is 0. The van der Waals surface area contributed by atoms with E-state index < -0.39 is 16.4 Å². The van der Waals surface area contributed by atoms with Crippen LogP contribution in [0.2, 0.25) is 0 Å². The molecule has 0 unspecified atom stereocenters. The van der Waals surface area contributed by atoms with E-state index in [4.69, 9.17) is 0 Å². The first kappa shape index (κ1) is 14.0. The Kier molecular flexibility index (Phi) is 3.46. The van der Waals surface area contributed by atoms with Gasteiger partial charge in [0, 0.05) is 19.2 Å². The highest BCUT2D eigenvalue weighted by Crippen LogP contribution is 2.20. The zero-order valence-corrected chi connectivity index (χ0v) is 11.6. The number of hydrogen-bond donors (Lipinski definition) is 1. The number of nitrogens with one attached hydrogen (secondary N) is 1. The molecule has 0 radical (unpaired) electrons. The molecular formula is C15H13N3O4. The highest BCUT2D eigenvalue weighted by atomic mass is 16.6. The number of nitrogens with zero attached hydrogens (tertiary/aromatic N) is 2. The number of carbonyl (C=O) groups excluding carboxylic acids is 1. The van der Waals surface area contributed by atoms with Crippen molar-refractivity contribution in [3.05, 3.63) is 73.7 Å². The third-order valence-corrected chi connectivity index (χ3v) is 3.75. The number of H-pyrrole nitrogens is 1. The molecule has 112 valence electrons. The molecule has 1 aliphatic heterocycles. The summed E-state index contributed by atoms with van der Waals surface area (Å²) in [6, 6.07) is 8.82. The minimum absolute atomic E-state index is 0.200. The van der Waals surface area contributed by atoms with Crippen molar-refractivity contribution in [3.8, 4) is 0 Å². The molecule has 7 heteroatoms. The molecule has 1 aromatic heterocycles. The van der Waals surface area contributed by atoms with Gasteiger partial charge >= 0.3 is 0 Å². The molecule has 0 fully saturated rings. The highest BCUT2D eigenvalue weighted by molar-refractivity contribution is 5.94. The second kappa shape index (κ2) is 5.44. The molecule has 0 saturated carbocycles. The summed E-state index contributed by atoms with van der Waals surface area (Å²) in [5.74, 6) is -0.487. The van der Waals surface area contributed by atoms with Crippen molar-refractivity contribution in [1.82, 2.24) is 9.88 Å². The number of pyridine rings is 1. The normalized spacial score (nSPS) is 13.5. The van der Waals surface area contributed by atoms with Crippen LogP contribution in [0.3, 0.4) is 0 Å². The van der Waals surface area contributed by atoms with Gasteiger partial charge in [0.05, 0.1) is 11.1 Å². The molecule has 3 rings (SSSR count). The van der Waals surface area contributed by atoms with Crippen LogP contribution in [-0.4, -0.2) is 27.3 Å². The van der Waals surface area contributed by atoms with Gasteiger partial charge in [0.15, 0.2) is 0 Å². The number of aromatic nitrogens is 1. The zero-order chi connectivity index (χ0) is 15.7. The Balaban J connectivity index is 1.91. The molecule has 7 nitrogen and oxygen atoms in total. The van der Waals surface area contributed by atoms with Crippen molar-refractivity contribution < 1.29 is 9.72 Å². The maximum atomic E-state index is 12.5. The molecule has 22 heavy (non-hydrogen) atoms. The Morgan fingerprint density at radius 3 is 2.73 bits per heavy atom. The summed E-state index contributed by atoms with van der Waals surface area (Å²) in [6.45, 7) is 0.884. The van der Waals surface area contributed by atoms with Gasteiger partial charge in [-0.25, -0.2) is 0 Å². The van der Waals surface area contributed by atoms with Gasteiger partial charge in [-0.15, -0.1) is 0 Å². The number of nitro groups is 1. The minimum Gasteiger partial charge on any atom is -0.334 e. The van der Waals surface area contributed by atoms with Gasteiger partial charge < -0.3 is 9.88 Å². The second-order valence-corrected chi connectivity index (χ2v) is 5.10. The minimum atomic E-state index is -0.641. The Hall–Kier alpha value is -2.96. The number of carbonyl (C=O) groups is 1. The number of aromatic amines is 1. The van der Waals surface area contributed by atoms with Crippen LogP contribution >= 0.6 is 0 Å². The third-order valence-electron chi connectivity index (χ3n) is 3.75. The standard InChI is InChI=1S/C15H13N3O4/c19-14-13(7-12(8-16-14)18(21)22)15(20)17-6-5-10-3-1-2-4-11(10)9-17/h1-4,7-8H,5-6,9H2,(H,16,19). The van der Waals surface area contributed by atoms with Crippen LogP contribution in [0.1, 0.15) is 21.5 Å². The van der Waals surface area contributed by atoms with Gasteiger partial charge in [-0.3, -0.25) is 19.7 Å². The smallest absolute Gasteiger partial charge is 0.286 e. The van der Waals surface area contributed by atoms with Crippen molar-refractivity contribution in [1.29, 1.82) is 0 Å². The van der Waals surface area contributed by atoms with Crippen LogP contribution in [0.4, 0.5) is 5.69 Å². The summed E-state index contributed by atoms with van der Waals surface area (Å²) in [4.78, 5) is 38.2. The SMILES string of the molecule is O=C(c1cc([N+](=O)[O-])c[nH]c1=O)N1CCc2ccccc2C1. The summed E-state index contributed by atoms with van der Waals surface area (Å²) in [5, 5.41) is 10.8. The Labute approximate surface area is 125 Å². The van der Waals surface area contributed by atoms with Crippen LogP contribution in [0, 0.1) is 10.1 Å². The third kappa shape index (κ3) is 2.48. The van der Waals surface area contributed by atoms with Crippen LogP contribution in [-0.2, 0) is 13.0 Å². The van der Waals surface area contributed by atoms with Crippen molar-refractivity contribution in [2.75, 3.05) is 6.54 Å². The molecule has 1 aromatic carbocycles. The number of fused-ring (bicyclic) bond motifs is 1. The van der Waals surface area contributed by atoms with E-state index >= 15 is 0 Å². The molecule has 1 aliphatic rings. The van der Waals surface area contributed by atoms with Crippen molar-refractivity contribution in [2.24, 2.45) is 0 Å². The van der Waals surface area contributed by atoms with E-state index in [9.17, 15) is 19.7 Å². The highest BCUT2D eigenvalue weighted by Gasteiger charge is 2.25. The topological polar surface area (TPSA) is 96.3 Å². The predicted molar refractivity (Wildman–Crippen MR) is 78.6 cm³/mol. The maximum absolute atomic E-state index is 12.5. The van der Waals surface area contributed by atoms with Crippen LogP contribution < -0.4 is 5.56 Å². The van der Waals surface area contributed by atoms with E-state index in [1.165, 1.54) is 10.5 Å². The molecule has 1 N–H and O–H groups in total. The van der Waals surface area contributed by atoms with E-state index in [0.717, 1.165) is 17.8 Å². The van der Waals surface area contributed by atoms with Crippen molar-refractivity contribution in [2.45, 2.75) is 13.0 Å². The molecule has 0 aliphatic carbocycles. The Morgan fingerprint density at radius 2 is 2.00 bits per heavy atom. The molecule has 0 atom stereocenters. The summed E-state index contributed by atoms with van der Waals surface area (Å²) in [6.07, 6.45) is 1.69. The Morgan fingerprint density at radius 1 is 1.27 bits per heavy atom. The fourth-order valence-electron chi connectivity index (χ4n) is 2.58. The lowest BCUT2D eigenvalue weighted by Crippen LogP contribution is -2.38. The average molecular weight is 299 g/mol.